The molecule has 2 amide bonds. The molecule has 0 spiro atoms. The van der Waals surface area contributed by atoms with E-state index in [9.17, 15) is 9.59 Å². The number of aryl methyl sites for hydroxylation is 1. The standard InChI is InChI=1S/C23H28Cl2N4O2/c1-17-20(23(25)29(27-17)16-18-7-9-19(24)10-8-18)11-12-21(30)26-13-5-15-28-14-4-2-3-6-22(28)31/h7-12H,2-6,13-16H2,1H3,(H,26,30)/b12-11+. The smallest absolute Gasteiger partial charge is 0.244 e. The molecule has 166 valence electrons. The van der Waals surface area contributed by atoms with Crippen LogP contribution in [0.1, 0.15) is 48.9 Å². The van der Waals surface area contributed by atoms with Gasteiger partial charge in [0.25, 0.3) is 0 Å². The van der Waals surface area contributed by atoms with E-state index in [1.807, 2.05) is 36.1 Å². The third-order valence-electron chi connectivity index (χ3n) is 5.33. The lowest BCUT2D eigenvalue weighted by atomic mass is 10.2. The van der Waals surface area contributed by atoms with Crippen LogP contribution in [0.15, 0.2) is 30.3 Å². The Morgan fingerprint density at radius 2 is 1.97 bits per heavy atom. The fraction of sp³-hybridized carbons (Fsp3) is 0.435. The van der Waals surface area contributed by atoms with Crippen LogP contribution in [-0.4, -0.2) is 46.1 Å². The van der Waals surface area contributed by atoms with Crippen LogP contribution in [0.25, 0.3) is 6.08 Å². The van der Waals surface area contributed by atoms with Crippen LogP contribution in [0.2, 0.25) is 10.2 Å². The molecule has 1 saturated heterocycles. The van der Waals surface area contributed by atoms with E-state index in [2.05, 4.69) is 10.4 Å². The highest BCUT2D eigenvalue weighted by atomic mass is 35.5. The summed E-state index contributed by atoms with van der Waals surface area (Å²) in [5.74, 6) is 0.0348. The molecule has 0 aliphatic carbocycles. The number of carbonyl (C=O) groups excluding carboxylic acids is 2. The average molecular weight is 463 g/mol. The van der Waals surface area contributed by atoms with E-state index in [4.69, 9.17) is 23.2 Å². The predicted molar refractivity (Wildman–Crippen MR) is 124 cm³/mol. The lowest BCUT2D eigenvalue weighted by Crippen LogP contribution is -2.33. The number of amides is 2. The quantitative estimate of drug-likeness (QED) is 0.464. The Balaban J connectivity index is 1.49. The number of hydrogen-bond donors (Lipinski definition) is 1. The van der Waals surface area contributed by atoms with E-state index >= 15 is 0 Å². The summed E-state index contributed by atoms with van der Waals surface area (Å²) >= 11 is 12.4. The van der Waals surface area contributed by atoms with Crippen molar-refractivity contribution in [3.05, 3.63) is 57.3 Å². The summed E-state index contributed by atoms with van der Waals surface area (Å²) in [6.07, 6.45) is 7.70. The van der Waals surface area contributed by atoms with E-state index in [1.54, 1.807) is 10.8 Å². The number of nitrogens with one attached hydrogen (secondary N) is 1. The maximum Gasteiger partial charge on any atom is 0.244 e. The molecule has 3 rings (SSSR count). The summed E-state index contributed by atoms with van der Waals surface area (Å²) in [4.78, 5) is 26.1. The van der Waals surface area contributed by atoms with Crippen molar-refractivity contribution >= 4 is 41.1 Å². The van der Waals surface area contributed by atoms with Gasteiger partial charge in [-0.25, -0.2) is 4.68 Å². The second-order valence-electron chi connectivity index (χ2n) is 7.74. The molecule has 1 aliphatic heterocycles. The second kappa shape index (κ2) is 11.3. The fourth-order valence-electron chi connectivity index (χ4n) is 3.60. The molecular weight excluding hydrogens is 435 g/mol. The number of carbonyl (C=O) groups is 2. The molecule has 1 aromatic carbocycles. The number of aromatic nitrogens is 2. The first-order valence-electron chi connectivity index (χ1n) is 10.6. The van der Waals surface area contributed by atoms with E-state index in [-0.39, 0.29) is 11.8 Å². The molecule has 1 aliphatic rings. The van der Waals surface area contributed by atoms with Crippen LogP contribution in [0.3, 0.4) is 0 Å². The van der Waals surface area contributed by atoms with Gasteiger partial charge < -0.3 is 10.2 Å². The van der Waals surface area contributed by atoms with Crippen molar-refractivity contribution in [2.45, 2.75) is 45.6 Å². The van der Waals surface area contributed by atoms with Crippen LogP contribution in [0, 0.1) is 6.92 Å². The van der Waals surface area contributed by atoms with E-state index in [1.165, 1.54) is 6.08 Å². The molecule has 2 heterocycles. The van der Waals surface area contributed by atoms with Gasteiger partial charge >= 0.3 is 0 Å². The highest BCUT2D eigenvalue weighted by molar-refractivity contribution is 6.31. The number of halogens is 2. The maximum absolute atomic E-state index is 12.2. The fourth-order valence-corrected chi connectivity index (χ4v) is 4.02. The third kappa shape index (κ3) is 6.84. The van der Waals surface area contributed by atoms with Crippen LogP contribution in [0.4, 0.5) is 0 Å². The summed E-state index contributed by atoms with van der Waals surface area (Å²) < 4.78 is 1.70. The van der Waals surface area contributed by atoms with Gasteiger partial charge in [-0.3, -0.25) is 9.59 Å². The molecule has 0 bridgehead atoms. The SMILES string of the molecule is Cc1nn(Cc2ccc(Cl)cc2)c(Cl)c1/C=C/C(=O)NCCCN1CCCCCC1=O. The monoisotopic (exact) mass is 462 g/mol. The lowest BCUT2D eigenvalue weighted by molar-refractivity contribution is -0.130. The minimum absolute atomic E-state index is 0.192. The zero-order valence-electron chi connectivity index (χ0n) is 17.7. The molecular formula is C23H28Cl2N4O2. The van der Waals surface area contributed by atoms with Gasteiger partial charge in [-0.05, 0) is 50.0 Å². The topological polar surface area (TPSA) is 67.2 Å². The Hall–Kier alpha value is -2.31. The highest BCUT2D eigenvalue weighted by Gasteiger charge is 2.16. The van der Waals surface area contributed by atoms with Gasteiger partial charge in [0.1, 0.15) is 5.15 Å². The van der Waals surface area contributed by atoms with Crippen molar-refractivity contribution in [2.24, 2.45) is 0 Å². The van der Waals surface area contributed by atoms with Gasteiger partial charge in [-0.1, -0.05) is 41.8 Å². The van der Waals surface area contributed by atoms with E-state index in [0.717, 1.165) is 49.0 Å². The van der Waals surface area contributed by atoms with Crippen LogP contribution >= 0.6 is 23.2 Å². The van der Waals surface area contributed by atoms with Crippen LogP contribution < -0.4 is 5.32 Å². The zero-order chi connectivity index (χ0) is 22.2. The Morgan fingerprint density at radius 1 is 1.19 bits per heavy atom. The van der Waals surface area contributed by atoms with Gasteiger partial charge in [0.15, 0.2) is 0 Å². The molecule has 8 heteroatoms. The molecule has 0 atom stereocenters. The Kier molecular flexibility index (Phi) is 8.55. The summed E-state index contributed by atoms with van der Waals surface area (Å²) in [5, 5.41) is 8.51. The summed E-state index contributed by atoms with van der Waals surface area (Å²) in [5.41, 5.74) is 2.51. The average Bonchev–Trinajstić information content (AvgIpc) is 2.88. The van der Waals surface area contributed by atoms with Gasteiger partial charge in [0.2, 0.25) is 11.8 Å². The first kappa shape index (κ1) is 23.4. The molecule has 0 unspecified atom stereocenters. The molecule has 1 fully saturated rings. The zero-order valence-corrected chi connectivity index (χ0v) is 19.3. The third-order valence-corrected chi connectivity index (χ3v) is 5.98. The largest absolute Gasteiger partial charge is 0.352 e. The van der Waals surface area contributed by atoms with Crippen molar-refractivity contribution in [1.82, 2.24) is 20.0 Å². The van der Waals surface area contributed by atoms with Crippen molar-refractivity contribution in [3.63, 3.8) is 0 Å². The number of nitrogens with zero attached hydrogens (tertiary/aromatic N) is 3. The predicted octanol–water partition coefficient (Wildman–Crippen LogP) is 4.47. The van der Waals surface area contributed by atoms with Gasteiger partial charge in [0, 0.05) is 42.7 Å². The van der Waals surface area contributed by atoms with Crippen molar-refractivity contribution < 1.29 is 9.59 Å². The molecule has 1 N–H and O–H groups in total. The van der Waals surface area contributed by atoms with E-state index in [0.29, 0.717) is 36.2 Å². The van der Waals surface area contributed by atoms with Gasteiger partial charge in [0.05, 0.1) is 12.2 Å². The van der Waals surface area contributed by atoms with Crippen molar-refractivity contribution in [3.8, 4) is 0 Å². The molecule has 0 radical (unpaired) electrons. The minimum atomic E-state index is -0.192. The normalized spacial score (nSPS) is 14.8. The Bertz CT molecular complexity index is 938. The lowest BCUT2D eigenvalue weighted by Gasteiger charge is -2.20. The summed E-state index contributed by atoms with van der Waals surface area (Å²) in [6.45, 7) is 4.41. The number of benzene rings is 1. The van der Waals surface area contributed by atoms with Crippen molar-refractivity contribution in [1.29, 1.82) is 0 Å². The summed E-state index contributed by atoms with van der Waals surface area (Å²) in [7, 11) is 0. The highest BCUT2D eigenvalue weighted by Crippen LogP contribution is 2.22. The van der Waals surface area contributed by atoms with Crippen molar-refractivity contribution in [2.75, 3.05) is 19.6 Å². The van der Waals surface area contributed by atoms with E-state index < -0.39 is 0 Å². The second-order valence-corrected chi connectivity index (χ2v) is 8.54. The number of hydrogen-bond acceptors (Lipinski definition) is 3. The van der Waals surface area contributed by atoms with Crippen LogP contribution in [0.5, 0.6) is 0 Å². The number of rotatable bonds is 8. The Morgan fingerprint density at radius 3 is 2.74 bits per heavy atom. The molecule has 6 nitrogen and oxygen atoms in total. The molecule has 31 heavy (non-hydrogen) atoms. The first-order chi connectivity index (χ1) is 14.9. The minimum Gasteiger partial charge on any atom is -0.352 e. The van der Waals surface area contributed by atoms with Gasteiger partial charge in [-0.2, -0.15) is 5.10 Å². The first-order valence-corrected chi connectivity index (χ1v) is 11.4. The molecule has 2 aromatic rings. The molecule has 0 saturated carbocycles. The van der Waals surface area contributed by atoms with Gasteiger partial charge in [-0.15, -0.1) is 0 Å². The van der Waals surface area contributed by atoms with Crippen LogP contribution in [-0.2, 0) is 16.1 Å². The Labute approximate surface area is 193 Å². The summed E-state index contributed by atoms with van der Waals surface area (Å²) in [6, 6.07) is 7.51. The number of likely N-dealkylation sites (tertiary alicyclic amines) is 1. The maximum atomic E-state index is 12.2. The molecule has 1 aromatic heterocycles.